The number of hydrogen-bond acceptors (Lipinski definition) is 8. The van der Waals surface area contributed by atoms with Gasteiger partial charge in [-0.2, -0.15) is 5.10 Å². The highest BCUT2D eigenvalue weighted by Gasteiger charge is 2.18. The molecule has 10 heteroatoms. The Bertz CT molecular complexity index is 992. The van der Waals surface area contributed by atoms with Gasteiger partial charge >= 0.3 is 0 Å². The molecule has 0 saturated carbocycles. The quantitative estimate of drug-likeness (QED) is 0.569. The lowest BCUT2D eigenvalue weighted by Gasteiger charge is -2.14. The lowest BCUT2D eigenvalue weighted by molar-refractivity contribution is -0.128. The number of hydrogen-bond donors (Lipinski definition) is 1. The maximum atomic E-state index is 12.5. The van der Waals surface area contributed by atoms with Gasteiger partial charge in [-0.1, -0.05) is 11.2 Å². The van der Waals surface area contributed by atoms with Gasteiger partial charge in [0.2, 0.25) is 5.91 Å². The summed E-state index contributed by atoms with van der Waals surface area (Å²) >= 11 is 1.47. The van der Waals surface area contributed by atoms with E-state index in [0.717, 1.165) is 9.56 Å². The average Bonchev–Trinajstić information content (AvgIpc) is 3.36. The van der Waals surface area contributed by atoms with Gasteiger partial charge in [0.15, 0.2) is 12.1 Å². The zero-order valence-corrected chi connectivity index (χ0v) is 16.5. The van der Waals surface area contributed by atoms with Crippen LogP contribution in [0.15, 0.2) is 39.0 Å². The van der Waals surface area contributed by atoms with Gasteiger partial charge in [0.1, 0.15) is 12.2 Å². The number of aromatic nitrogens is 3. The zero-order chi connectivity index (χ0) is 20.1. The normalized spacial score (nSPS) is 11.1. The van der Waals surface area contributed by atoms with Crippen LogP contribution in [0, 0.1) is 6.92 Å². The molecule has 0 aromatic carbocycles. The van der Waals surface area contributed by atoms with Gasteiger partial charge < -0.3 is 19.3 Å². The van der Waals surface area contributed by atoms with Crippen LogP contribution in [0.3, 0.4) is 0 Å². The fraction of sp³-hybridized carbons (Fsp3) is 0.333. The molecular weight excluding hydrogens is 384 g/mol. The molecule has 28 heavy (non-hydrogen) atoms. The lowest BCUT2D eigenvalue weighted by Crippen LogP contribution is -2.38. The molecular formula is C18H20N4O5S. The molecule has 0 fully saturated rings. The molecule has 3 heterocycles. The molecule has 148 valence electrons. The predicted molar refractivity (Wildman–Crippen MR) is 103 cm³/mol. The number of rotatable bonds is 8. The summed E-state index contributed by atoms with van der Waals surface area (Å²) in [7, 11) is 2.95. The molecule has 0 saturated heterocycles. The summed E-state index contributed by atoms with van der Waals surface area (Å²) in [4.78, 5) is 25.6. The largest absolute Gasteiger partial charge is 0.356 e. The van der Waals surface area contributed by atoms with Crippen LogP contribution in [0.2, 0.25) is 0 Å². The van der Waals surface area contributed by atoms with E-state index in [4.69, 9.17) is 14.0 Å². The third-order valence-electron chi connectivity index (χ3n) is 3.93. The minimum atomic E-state index is -0.563. The van der Waals surface area contributed by atoms with E-state index < -0.39 is 11.8 Å². The van der Waals surface area contributed by atoms with Gasteiger partial charge in [-0.05, 0) is 18.4 Å². The Labute approximate surface area is 164 Å². The van der Waals surface area contributed by atoms with Crippen molar-refractivity contribution >= 4 is 17.2 Å². The van der Waals surface area contributed by atoms with Gasteiger partial charge in [-0.15, -0.1) is 11.3 Å². The third-order valence-corrected chi connectivity index (χ3v) is 4.81. The summed E-state index contributed by atoms with van der Waals surface area (Å²) in [6.45, 7) is 1.73. The molecule has 9 nitrogen and oxygen atoms in total. The third kappa shape index (κ3) is 4.53. The van der Waals surface area contributed by atoms with Crippen molar-refractivity contribution in [2.75, 3.05) is 20.8 Å². The van der Waals surface area contributed by atoms with Crippen LogP contribution < -0.4 is 10.9 Å². The van der Waals surface area contributed by atoms with Crippen LogP contribution in [0.5, 0.6) is 0 Å². The minimum Gasteiger partial charge on any atom is -0.356 e. The highest BCUT2D eigenvalue weighted by molar-refractivity contribution is 7.13. The molecule has 0 aliphatic carbocycles. The van der Waals surface area contributed by atoms with Crippen molar-refractivity contribution in [3.05, 3.63) is 45.7 Å². The molecule has 0 aliphatic heterocycles. The molecule has 0 atom stereocenters. The monoisotopic (exact) mass is 404 g/mol. The van der Waals surface area contributed by atoms with Gasteiger partial charge in [0.25, 0.3) is 5.56 Å². The van der Waals surface area contributed by atoms with Crippen LogP contribution in [0.4, 0.5) is 0 Å². The number of carbonyl (C=O) groups is 1. The first-order valence-electron chi connectivity index (χ1n) is 8.44. The van der Waals surface area contributed by atoms with Crippen molar-refractivity contribution in [3.63, 3.8) is 0 Å². The maximum Gasteiger partial charge on any atom is 0.268 e. The fourth-order valence-corrected chi connectivity index (χ4v) is 3.25. The highest BCUT2D eigenvalue weighted by Crippen LogP contribution is 2.32. The molecule has 3 aromatic rings. The fourth-order valence-electron chi connectivity index (χ4n) is 2.53. The van der Waals surface area contributed by atoms with E-state index in [-0.39, 0.29) is 19.0 Å². The van der Waals surface area contributed by atoms with Crippen LogP contribution in [-0.2, 0) is 20.8 Å². The van der Waals surface area contributed by atoms with Crippen molar-refractivity contribution in [1.82, 2.24) is 20.3 Å². The first kappa shape index (κ1) is 19.9. The number of nitrogens with one attached hydrogen (secondary N) is 1. The maximum absolute atomic E-state index is 12.5. The summed E-state index contributed by atoms with van der Waals surface area (Å²) < 4.78 is 16.5. The summed E-state index contributed by atoms with van der Waals surface area (Å²) in [5.41, 5.74) is 1.35. The molecule has 1 N–H and O–H groups in total. The summed E-state index contributed by atoms with van der Waals surface area (Å²) in [5.74, 6) is 0.0687. The van der Waals surface area contributed by atoms with Gasteiger partial charge in [-0.3, -0.25) is 9.59 Å². The van der Waals surface area contributed by atoms with Gasteiger partial charge in [-0.25, -0.2) is 4.68 Å². The van der Waals surface area contributed by atoms with Crippen LogP contribution in [0.1, 0.15) is 5.69 Å². The van der Waals surface area contributed by atoms with Crippen molar-refractivity contribution in [3.8, 4) is 21.9 Å². The van der Waals surface area contributed by atoms with Gasteiger partial charge in [0, 0.05) is 26.4 Å². The first-order chi connectivity index (χ1) is 13.5. The van der Waals surface area contributed by atoms with Crippen LogP contribution in [-0.4, -0.2) is 47.9 Å². The zero-order valence-electron chi connectivity index (χ0n) is 15.7. The van der Waals surface area contributed by atoms with Gasteiger partial charge in [0.05, 0.1) is 22.7 Å². The Morgan fingerprint density at radius 3 is 2.75 bits per heavy atom. The number of nitrogens with zero attached hydrogens (tertiary/aromatic N) is 3. The molecule has 0 radical (unpaired) electrons. The average molecular weight is 404 g/mol. The van der Waals surface area contributed by atoms with E-state index in [1.165, 1.54) is 31.6 Å². The van der Waals surface area contributed by atoms with Crippen molar-refractivity contribution < 1.29 is 18.8 Å². The Morgan fingerprint density at radius 1 is 1.36 bits per heavy atom. The second-order valence-electron chi connectivity index (χ2n) is 5.92. The number of amides is 1. The molecule has 1 amide bonds. The molecule has 0 unspecified atom stereocenters. The summed E-state index contributed by atoms with van der Waals surface area (Å²) in [6.07, 6.45) is -0.563. The SMILES string of the molecule is COC(CNC(=O)Cn1nc(-c2cccs2)c(-c2cc(C)no2)cc1=O)OC. The van der Waals surface area contributed by atoms with E-state index in [1.807, 2.05) is 17.5 Å². The number of methoxy groups -OCH3 is 2. The molecule has 3 aromatic heterocycles. The first-order valence-corrected chi connectivity index (χ1v) is 9.31. The van der Waals surface area contributed by atoms with E-state index in [1.54, 1.807) is 13.0 Å². The lowest BCUT2D eigenvalue weighted by atomic mass is 10.1. The standard InChI is InChI=1S/C18H20N4O5S/c1-11-7-13(27-21-11)12-8-16(24)22(20-18(12)14-5-4-6-28-14)10-15(23)19-9-17(25-2)26-3/h4-8,17H,9-10H2,1-3H3,(H,19,23). The highest BCUT2D eigenvalue weighted by atomic mass is 32.1. The second-order valence-corrected chi connectivity index (χ2v) is 6.87. The second kappa shape index (κ2) is 8.91. The van der Waals surface area contributed by atoms with Crippen molar-refractivity contribution in [1.29, 1.82) is 0 Å². The Hall–Kier alpha value is -2.82. The number of thiophene rings is 1. The summed E-state index contributed by atoms with van der Waals surface area (Å²) in [5, 5.41) is 12.8. The molecule has 0 bridgehead atoms. The molecule has 3 rings (SSSR count). The van der Waals surface area contributed by atoms with Crippen molar-refractivity contribution in [2.45, 2.75) is 19.8 Å². The van der Waals surface area contributed by atoms with E-state index in [9.17, 15) is 9.59 Å². The Morgan fingerprint density at radius 2 is 2.14 bits per heavy atom. The van der Waals surface area contributed by atoms with Crippen LogP contribution >= 0.6 is 11.3 Å². The summed E-state index contributed by atoms with van der Waals surface area (Å²) in [6, 6.07) is 6.91. The minimum absolute atomic E-state index is 0.161. The predicted octanol–water partition coefficient (Wildman–Crippen LogP) is 1.67. The van der Waals surface area contributed by atoms with E-state index in [0.29, 0.717) is 22.7 Å². The number of carbonyl (C=O) groups excluding carboxylic acids is 1. The van der Waals surface area contributed by atoms with Crippen molar-refractivity contribution in [2.24, 2.45) is 0 Å². The smallest absolute Gasteiger partial charge is 0.268 e. The molecule has 0 spiro atoms. The van der Waals surface area contributed by atoms with Crippen LogP contribution in [0.25, 0.3) is 21.9 Å². The van der Waals surface area contributed by atoms with E-state index >= 15 is 0 Å². The Balaban J connectivity index is 1.90. The molecule has 0 aliphatic rings. The number of ether oxygens (including phenoxy) is 2. The van der Waals surface area contributed by atoms with E-state index in [2.05, 4.69) is 15.6 Å². The number of aryl methyl sites for hydroxylation is 1. The topological polar surface area (TPSA) is 108 Å². The Kier molecular flexibility index (Phi) is 6.34.